The number of ether oxygens (including phenoxy) is 2. The number of hydrogen-bond donors (Lipinski definition) is 2. The van der Waals surface area contributed by atoms with Crippen molar-refractivity contribution < 1.29 is 32.2 Å². The van der Waals surface area contributed by atoms with E-state index in [4.69, 9.17) is 9.47 Å². The zero-order valence-corrected chi connectivity index (χ0v) is 18.4. The lowest BCUT2D eigenvalue weighted by molar-refractivity contribution is -0.151. The predicted octanol–water partition coefficient (Wildman–Crippen LogP) is 4.55. The first-order chi connectivity index (χ1) is 14.9. The highest BCUT2D eigenvalue weighted by Crippen LogP contribution is 2.47. The summed E-state index contributed by atoms with van der Waals surface area (Å²) in [5.41, 5.74) is -0.677. The predicted molar refractivity (Wildman–Crippen MR) is 113 cm³/mol. The lowest BCUT2D eigenvalue weighted by atomic mass is 9.71. The summed E-state index contributed by atoms with van der Waals surface area (Å²) in [5.74, 6) is -1.27. The number of alkyl halides is 3. The summed E-state index contributed by atoms with van der Waals surface area (Å²) in [6.45, 7) is 5.30. The fourth-order valence-corrected chi connectivity index (χ4v) is 4.44. The van der Waals surface area contributed by atoms with Crippen molar-refractivity contribution in [1.82, 2.24) is 0 Å². The van der Waals surface area contributed by atoms with Gasteiger partial charge in [0.05, 0.1) is 19.8 Å². The summed E-state index contributed by atoms with van der Waals surface area (Å²) < 4.78 is 49.1. The van der Waals surface area contributed by atoms with E-state index in [-0.39, 0.29) is 12.1 Å². The summed E-state index contributed by atoms with van der Waals surface area (Å²) in [6.07, 6.45) is -4.59. The Kier molecular flexibility index (Phi) is 5.88. The highest BCUT2D eigenvalue weighted by molar-refractivity contribution is 5.95. The van der Waals surface area contributed by atoms with Gasteiger partial charge in [0.2, 0.25) is 0 Å². The van der Waals surface area contributed by atoms with Crippen molar-refractivity contribution in [2.24, 2.45) is 0 Å². The summed E-state index contributed by atoms with van der Waals surface area (Å²) in [5, 5.41) is 6.27. The molecule has 0 amide bonds. The van der Waals surface area contributed by atoms with Gasteiger partial charge in [0.25, 0.3) is 0 Å². The van der Waals surface area contributed by atoms with Crippen molar-refractivity contribution in [3.05, 3.63) is 58.7 Å². The molecule has 3 rings (SSSR count). The number of methoxy groups -OCH3 is 2. The molecule has 6 nitrogen and oxygen atoms in total. The van der Waals surface area contributed by atoms with Crippen LogP contribution in [-0.2, 0) is 30.8 Å². The third-order valence-electron chi connectivity index (χ3n) is 5.68. The average molecular weight is 450 g/mol. The standard InChI is InChI=1S/C23H25F3N2O4/c1-13-10-14(2)18-17(11-13)28-21(3,19(29)31-4)12-22(18,20(30)32-5)27-16-8-6-15(7-9-16)23(24,25)26/h6-11,27-28H,12H2,1-5H3/t21-,22+/m1/s1. The summed E-state index contributed by atoms with van der Waals surface area (Å²) in [4.78, 5) is 26.0. The maximum absolute atomic E-state index is 13.3. The number of fused-ring (bicyclic) bond motifs is 1. The number of nitrogens with one attached hydrogen (secondary N) is 2. The maximum atomic E-state index is 13.3. The molecule has 2 aromatic rings. The summed E-state index contributed by atoms with van der Waals surface area (Å²) in [6, 6.07) is 8.03. The third kappa shape index (κ3) is 3.99. The van der Waals surface area contributed by atoms with Crippen molar-refractivity contribution in [2.45, 2.75) is 44.4 Å². The lowest BCUT2D eigenvalue weighted by Gasteiger charge is -2.46. The smallest absolute Gasteiger partial charge is 0.416 e. The van der Waals surface area contributed by atoms with E-state index in [2.05, 4.69) is 10.6 Å². The van der Waals surface area contributed by atoms with Gasteiger partial charge >= 0.3 is 18.1 Å². The minimum Gasteiger partial charge on any atom is -0.467 e. The van der Waals surface area contributed by atoms with Gasteiger partial charge < -0.3 is 20.1 Å². The van der Waals surface area contributed by atoms with Gasteiger partial charge in [-0.3, -0.25) is 0 Å². The van der Waals surface area contributed by atoms with Crippen molar-refractivity contribution in [3.8, 4) is 0 Å². The first kappa shape index (κ1) is 23.4. The van der Waals surface area contributed by atoms with Gasteiger partial charge in [0.1, 0.15) is 5.54 Å². The lowest BCUT2D eigenvalue weighted by Crippen LogP contribution is -2.59. The van der Waals surface area contributed by atoms with Crippen molar-refractivity contribution >= 4 is 23.3 Å². The number of rotatable bonds is 4. The molecule has 0 aliphatic carbocycles. The zero-order chi connectivity index (χ0) is 23.9. The van der Waals surface area contributed by atoms with Crippen LogP contribution in [0.25, 0.3) is 0 Å². The number of aryl methyl sites for hydroxylation is 2. The van der Waals surface area contributed by atoms with E-state index in [1.807, 2.05) is 19.9 Å². The highest BCUT2D eigenvalue weighted by atomic mass is 19.4. The minimum atomic E-state index is -4.49. The number of benzene rings is 2. The molecule has 0 unspecified atom stereocenters. The molecular weight excluding hydrogens is 425 g/mol. The van der Waals surface area contributed by atoms with Crippen LogP contribution in [0.1, 0.15) is 35.6 Å². The van der Waals surface area contributed by atoms with Crippen LogP contribution in [0.2, 0.25) is 0 Å². The van der Waals surface area contributed by atoms with E-state index in [0.29, 0.717) is 11.3 Å². The van der Waals surface area contributed by atoms with E-state index in [1.165, 1.54) is 26.4 Å². The topological polar surface area (TPSA) is 76.7 Å². The van der Waals surface area contributed by atoms with Crippen LogP contribution in [0.3, 0.4) is 0 Å². The number of carbonyl (C=O) groups excluding carboxylic acids is 2. The Hall–Kier alpha value is -3.23. The summed E-state index contributed by atoms with van der Waals surface area (Å²) >= 11 is 0. The van der Waals surface area contributed by atoms with Gasteiger partial charge in [0.15, 0.2) is 5.54 Å². The van der Waals surface area contributed by atoms with Crippen molar-refractivity contribution in [1.29, 1.82) is 0 Å². The molecule has 9 heteroatoms. The van der Waals surface area contributed by atoms with E-state index >= 15 is 0 Å². The Labute approximate surface area is 184 Å². The zero-order valence-electron chi connectivity index (χ0n) is 18.4. The van der Waals surface area contributed by atoms with E-state index in [0.717, 1.165) is 23.3 Å². The molecule has 0 bridgehead atoms. The summed E-state index contributed by atoms with van der Waals surface area (Å²) in [7, 11) is 2.47. The second-order valence-electron chi connectivity index (χ2n) is 8.23. The van der Waals surface area contributed by atoms with Gasteiger partial charge in [-0.05, 0) is 62.2 Å². The fourth-order valence-electron chi connectivity index (χ4n) is 4.44. The van der Waals surface area contributed by atoms with Gasteiger partial charge in [-0.15, -0.1) is 0 Å². The second kappa shape index (κ2) is 8.03. The van der Waals surface area contributed by atoms with E-state index < -0.39 is 34.8 Å². The van der Waals surface area contributed by atoms with Gasteiger partial charge in [-0.25, -0.2) is 9.59 Å². The molecule has 2 N–H and O–H groups in total. The largest absolute Gasteiger partial charge is 0.467 e. The highest BCUT2D eigenvalue weighted by Gasteiger charge is 2.55. The average Bonchev–Trinajstić information content (AvgIpc) is 2.71. The van der Waals surface area contributed by atoms with E-state index in [9.17, 15) is 22.8 Å². The third-order valence-corrected chi connectivity index (χ3v) is 5.68. The molecule has 172 valence electrons. The maximum Gasteiger partial charge on any atom is 0.416 e. The molecule has 0 spiro atoms. The molecule has 32 heavy (non-hydrogen) atoms. The van der Waals surface area contributed by atoms with Gasteiger partial charge in [-0.2, -0.15) is 13.2 Å². The Balaban J connectivity index is 2.22. The number of carbonyl (C=O) groups is 2. The molecule has 2 atom stereocenters. The van der Waals surface area contributed by atoms with Crippen LogP contribution in [-0.4, -0.2) is 31.7 Å². The monoisotopic (exact) mass is 450 g/mol. The molecule has 0 aromatic heterocycles. The molecule has 1 heterocycles. The Bertz CT molecular complexity index is 1050. The SMILES string of the molecule is COC(=O)[C@@]1(C)C[C@@](Nc2ccc(C(F)(F)F)cc2)(C(=O)OC)c2c(C)cc(C)cc2N1. The number of esters is 2. The van der Waals surface area contributed by atoms with Gasteiger partial charge in [-0.1, -0.05) is 6.07 Å². The Morgan fingerprint density at radius 2 is 1.62 bits per heavy atom. The minimum absolute atomic E-state index is 0.0999. The van der Waals surface area contributed by atoms with Crippen LogP contribution >= 0.6 is 0 Å². The molecule has 0 fully saturated rings. The molecule has 1 aliphatic heterocycles. The van der Waals surface area contributed by atoms with Crippen LogP contribution in [0.4, 0.5) is 24.5 Å². The van der Waals surface area contributed by atoms with Crippen LogP contribution in [0.5, 0.6) is 0 Å². The second-order valence-corrected chi connectivity index (χ2v) is 8.23. The quantitative estimate of drug-likeness (QED) is 0.666. The molecule has 0 saturated heterocycles. The molecule has 0 radical (unpaired) electrons. The van der Waals surface area contributed by atoms with Crippen LogP contribution in [0, 0.1) is 13.8 Å². The normalized spacial score (nSPS) is 22.4. The first-order valence-corrected chi connectivity index (χ1v) is 9.88. The van der Waals surface area contributed by atoms with Gasteiger partial charge in [0, 0.05) is 23.4 Å². The molecule has 2 aromatic carbocycles. The Morgan fingerprint density at radius 3 is 2.16 bits per heavy atom. The molecule has 0 saturated carbocycles. The van der Waals surface area contributed by atoms with Crippen LogP contribution in [0.15, 0.2) is 36.4 Å². The van der Waals surface area contributed by atoms with Crippen LogP contribution < -0.4 is 10.6 Å². The number of halogens is 3. The number of hydrogen-bond acceptors (Lipinski definition) is 6. The Morgan fingerprint density at radius 1 is 1.03 bits per heavy atom. The first-order valence-electron chi connectivity index (χ1n) is 9.88. The number of anilines is 2. The van der Waals surface area contributed by atoms with E-state index in [1.54, 1.807) is 13.0 Å². The van der Waals surface area contributed by atoms with Crippen molar-refractivity contribution in [3.63, 3.8) is 0 Å². The molecular formula is C23H25F3N2O4. The molecule has 1 aliphatic rings. The van der Waals surface area contributed by atoms with Crippen molar-refractivity contribution in [2.75, 3.05) is 24.9 Å². The fraction of sp³-hybridized carbons (Fsp3) is 0.391.